The summed E-state index contributed by atoms with van der Waals surface area (Å²) in [4.78, 5) is 8.95. The maximum Gasteiger partial charge on any atom is 0.292 e. The van der Waals surface area contributed by atoms with Crippen molar-refractivity contribution in [1.82, 2.24) is 0 Å². The number of hydrogen-bond donors (Lipinski definition) is 1. The van der Waals surface area contributed by atoms with Crippen LogP contribution in [-0.4, -0.2) is 20.6 Å². The van der Waals surface area contributed by atoms with Crippen molar-refractivity contribution in [2.24, 2.45) is 0 Å². The molecule has 0 radical (unpaired) electrons. The number of hydrogen-bond acceptors (Lipinski definition) is 3. The quantitative estimate of drug-likeness (QED) is 0.811. The molecule has 0 saturated heterocycles. The summed E-state index contributed by atoms with van der Waals surface area (Å²) in [5.41, 5.74) is 2.31. The third kappa shape index (κ3) is 8.12. The van der Waals surface area contributed by atoms with E-state index in [-0.39, 0.29) is 0 Å². The van der Waals surface area contributed by atoms with Gasteiger partial charge in [-0.25, -0.2) is 0 Å². The van der Waals surface area contributed by atoms with E-state index in [0.717, 1.165) is 10.7 Å². The molecule has 0 atom stereocenters. The summed E-state index contributed by atoms with van der Waals surface area (Å²) in [5.74, 6) is 0. The third-order valence-corrected chi connectivity index (χ3v) is 1.79. The average molecular weight is 246 g/mol. The predicted molar refractivity (Wildman–Crippen MR) is 70.2 cm³/mol. The van der Waals surface area contributed by atoms with E-state index in [1.165, 1.54) is 12.7 Å². The number of nitrogens with one attached hydrogen (secondary N) is 1. The summed E-state index contributed by atoms with van der Waals surface area (Å²) in [6, 6.07) is 5.78. The summed E-state index contributed by atoms with van der Waals surface area (Å²) >= 11 is 5.75. The van der Waals surface area contributed by atoms with Crippen molar-refractivity contribution in [1.29, 1.82) is 0 Å². The average Bonchev–Trinajstić information content (AvgIpc) is 2.32. The fourth-order valence-corrected chi connectivity index (χ4v) is 1.13. The minimum Gasteiger partial charge on any atom is -0.471 e. The van der Waals surface area contributed by atoms with E-state index in [0.29, 0.717) is 6.47 Å². The van der Waals surface area contributed by atoms with Crippen LogP contribution in [-0.2, 0) is 9.53 Å². The van der Waals surface area contributed by atoms with E-state index in [1.54, 1.807) is 0 Å². The molecule has 0 saturated carbocycles. The lowest BCUT2D eigenvalue weighted by Crippen LogP contribution is -1.89. The van der Waals surface area contributed by atoms with Crippen LogP contribution in [0.5, 0.6) is 0 Å². The van der Waals surface area contributed by atoms with E-state index in [2.05, 4.69) is 10.1 Å². The van der Waals surface area contributed by atoms with Crippen LogP contribution in [0.4, 0.5) is 5.69 Å². The van der Waals surface area contributed by atoms with E-state index < -0.39 is 0 Å². The zero-order valence-electron chi connectivity index (χ0n) is 10.5. The Hall–Kier alpha value is -1.22. The highest BCUT2D eigenvalue weighted by atomic mass is 35.5. The SMILES string of the molecule is CC.CNc1ccc(Cl)cc1C.COC=O. The largest absolute Gasteiger partial charge is 0.471 e. The molecule has 0 bridgehead atoms. The van der Waals surface area contributed by atoms with Crippen molar-refractivity contribution >= 4 is 23.8 Å². The molecule has 0 aromatic heterocycles. The molecule has 1 aromatic carbocycles. The highest BCUT2D eigenvalue weighted by molar-refractivity contribution is 6.30. The fourth-order valence-electron chi connectivity index (χ4n) is 0.908. The number of ether oxygens (including phenoxy) is 1. The van der Waals surface area contributed by atoms with Crippen LogP contribution >= 0.6 is 11.6 Å². The Morgan fingerprint density at radius 1 is 1.38 bits per heavy atom. The molecule has 0 fully saturated rings. The van der Waals surface area contributed by atoms with Crippen molar-refractivity contribution in [3.8, 4) is 0 Å². The minimum atomic E-state index is 0.375. The molecule has 0 heterocycles. The maximum atomic E-state index is 8.95. The lowest BCUT2D eigenvalue weighted by molar-refractivity contribution is -0.126. The molecule has 1 aromatic rings. The van der Waals surface area contributed by atoms with Crippen LogP contribution in [0.1, 0.15) is 19.4 Å². The van der Waals surface area contributed by atoms with Crippen LogP contribution in [0.2, 0.25) is 5.02 Å². The van der Waals surface area contributed by atoms with Gasteiger partial charge in [0, 0.05) is 17.8 Å². The van der Waals surface area contributed by atoms with Gasteiger partial charge in [-0.1, -0.05) is 25.4 Å². The van der Waals surface area contributed by atoms with Crippen LogP contribution in [0.25, 0.3) is 0 Å². The van der Waals surface area contributed by atoms with Crippen molar-refractivity contribution in [3.63, 3.8) is 0 Å². The Kier molecular flexibility index (Phi) is 12.7. The molecule has 3 nitrogen and oxygen atoms in total. The van der Waals surface area contributed by atoms with Gasteiger partial charge in [0.2, 0.25) is 0 Å². The first-order valence-corrected chi connectivity index (χ1v) is 5.43. The van der Waals surface area contributed by atoms with Gasteiger partial charge in [0.1, 0.15) is 0 Å². The van der Waals surface area contributed by atoms with Crippen molar-refractivity contribution in [3.05, 3.63) is 28.8 Å². The van der Waals surface area contributed by atoms with Gasteiger partial charge in [-0.3, -0.25) is 4.79 Å². The number of methoxy groups -OCH3 is 1. The fraction of sp³-hybridized carbons (Fsp3) is 0.417. The molecule has 0 spiro atoms. The van der Waals surface area contributed by atoms with Gasteiger partial charge in [-0.15, -0.1) is 0 Å². The maximum absolute atomic E-state index is 8.95. The van der Waals surface area contributed by atoms with Gasteiger partial charge >= 0.3 is 0 Å². The van der Waals surface area contributed by atoms with Gasteiger partial charge in [-0.05, 0) is 30.7 Å². The first-order chi connectivity index (χ1) is 7.65. The third-order valence-electron chi connectivity index (χ3n) is 1.55. The molecule has 0 amide bonds. The number of aryl methyl sites for hydroxylation is 1. The monoisotopic (exact) mass is 245 g/mol. The van der Waals surface area contributed by atoms with Crippen LogP contribution < -0.4 is 5.32 Å². The second kappa shape index (κ2) is 11.9. The van der Waals surface area contributed by atoms with E-state index >= 15 is 0 Å². The van der Waals surface area contributed by atoms with Gasteiger partial charge in [-0.2, -0.15) is 0 Å². The summed E-state index contributed by atoms with van der Waals surface area (Å²) in [5, 5.41) is 3.85. The zero-order valence-corrected chi connectivity index (χ0v) is 11.3. The van der Waals surface area contributed by atoms with Crippen LogP contribution in [0.3, 0.4) is 0 Å². The molecule has 0 aliphatic rings. The van der Waals surface area contributed by atoms with E-state index in [9.17, 15) is 0 Å². The van der Waals surface area contributed by atoms with Crippen molar-refractivity contribution < 1.29 is 9.53 Å². The molecule has 0 aliphatic carbocycles. The minimum absolute atomic E-state index is 0.375. The number of benzene rings is 1. The summed E-state index contributed by atoms with van der Waals surface area (Å²) in [6.45, 7) is 6.40. The Balaban J connectivity index is 0. The molecular weight excluding hydrogens is 226 g/mol. The number of halogens is 1. The Morgan fingerprint density at radius 2 is 1.88 bits per heavy atom. The van der Waals surface area contributed by atoms with Crippen LogP contribution in [0, 0.1) is 6.92 Å². The predicted octanol–water partition coefficient (Wildman–Crippen LogP) is 3.51. The first kappa shape index (κ1) is 17.2. The summed E-state index contributed by atoms with van der Waals surface area (Å²) in [7, 11) is 3.21. The lowest BCUT2D eigenvalue weighted by Gasteiger charge is -2.03. The molecule has 1 N–H and O–H groups in total. The number of rotatable bonds is 2. The normalized spacial score (nSPS) is 7.62. The van der Waals surface area contributed by atoms with E-state index in [1.807, 2.05) is 46.0 Å². The van der Waals surface area contributed by atoms with Crippen molar-refractivity contribution in [2.45, 2.75) is 20.8 Å². The highest BCUT2D eigenvalue weighted by Crippen LogP contribution is 2.18. The van der Waals surface area contributed by atoms with Gasteiger partial charge < -0.3 is 10.1 Å². The number of carbonyl (C=O) groups is 1. The first-order valence-electron chi connectivity index (χ1n) is 5.06. The number of carbonyl (C=O) groups excluding carboxylic acids is 1. The Morgan fingerprint density at radius 3 is 2.19 bits per heavy atom. The highest BCUT2D eigenvalue weighted by Gasteiger charge is 1.93. The van der Waals surface area contributed by atoms with Crippen molar-refractivity contribution in [2.75, 3.05) is 19.5 Å². The summed E-state index contributed by atoms with van der Waals surface area (Å²) < 4.78 is 3.86. The Bertz CT molecular complexity index is 290. The molecule has 0 unspecified atom stereocenters. The Labute approximate surface area is 103 Å². The molecule has 4 heteroatoms. The van der Waals surface area contributed by atoms with Gasteiger partial charge in [0.15, 0.2) is 0 Å². The molecular formula is C12H20ClNO2. The molecule has 92 valence electrons. The second-order valence-corrected chi connectivity index (χ2v) is 2.98. The summed E-state index contributed by atoms with van der Waals surface area (Å²) in [6.07, 6.45) is 0. The second-order valence-electron chi connectivity index (χ2n) is 2.54. The standard InChI is InChI=1S/C8H10ClN.C2H4O2.C2H6/c1-6-5-7(9)3-4-8(6)10-2;1-4-2-3;1-2/h3-5,10H,1-2H3;2H,1H3;1-2H3. The van der Waals surface area contributed by atoms with Gasteiger partial charge in [0.05, 0.1) is 7.11 Å². The number of anilines is 1. The zero-order chi connectivity index (χ0) is 13.0. The smallest absolute Gasteiger partial charge is 0.292 e. The molecule has 16 heavy (non-hydrogen) atoms. The lowest BCUT2D eigenvalue weighted by atomic mass is 10.2. The van der Waals surface area contributed by atoms with Gasteiger partial charge in [0.25, 0.3) is 6.47 Å². The molecule has 1 rings (SSSR count). The topological polar surface area (TPSA) is 38.3 Å². The van der Waals surface area contributed by atoms with E-state index in [4.69, 9.17) is 16.4 Å². The molecule has 0 aliphatic heterocycles. The van der Waals surface area contributed by atoms with Crippen LogP contribution in [0.15, 0.2) is 18.2 Å².